The van der Waals surface area contributed by atoms with E-state index in [1.807, 2.05) is 7.05 Å². The van der Waals surface area contributed by atoms with E-state index in [2.05, 4.69) is 94.2 Å². The number of aryl methyl sites for hydroxylation is 4. The van der Waals surface area contributed by atoms with Crippen molar-refractivity contribution in [2.24, 2.45) is 0 Å². The van der Waals surface area contributed by atoms with Gasteiger partial charge in [0.2, 0.25) is 0 Å². The van der Waals surface area contributed by atoms with Crippen LogP contribution in [-0.2, 0) is 19.3 Å². The fourth-order valence-electron chi connectivity index (χ4n) is 3.32. The second-order valence-corrected chi connectivity index (χ2v) is 8.41. The zero-order valence-electron chi connectivity index (χ0n) is 18.6. The monoisotopic (exact) mass is 405 g/mol. The minimum atomic E-state index is 0.980. The predicted molar refractivity (Wildman–Crippen MR) is 132 cm³/mol. The highest BCUT2D eigenvalue weighted by Gasteiger charge is 2.05. The number of hydrogen-bond donors (Lipinski definition) is 1. The molecule has 2 heteroatoms. The summed E-state index contributed by atoms with van der Waals surface area (Å²) in [5, 5.41) is 3.08. The Kier molecular flexibility index (Phi) is 9.21. The molecular formula is C27H35NS. The first-order chi connectivity index (χ1) is 14.0. The fraction of sp³-hybridized carbons (Fsp3) is 0.333. The number of benzene rings is 2. The second-order valence-electron chi connectivity index (χ2n) is 7.32. The topological polar surface area (TPSA) is 12.0 Å². The van der Waals surface area contributed by atoms with Crippen molar-refractivity contribution < 1.29 is 0 Å². The summed E-state index contributed by atoms with van der Waals surface area (Å²) in [5.74, 6) is 0. The average Bonchev–Trinajstić information content (AvgIpc) is 3.25. The van der Waals surface area contributed by atoms with E-state index < -0.39 is 0 Å². The third kappa shape index (κ3) is 6.61. The minimum Gasteiger partial charge on any atom is -0.387 e. The Morgan fingerprint density at radius 3 is 2.38 bits per heavy atom. The lowest BCUT2D eigenvalue weighted by molar-refractivity contribution is 0.898. The van der Waals surface area contributed by atoms with Crippen molar-refractivity contribution in [2.75, 3.05) is 7.05 Å². The number of hydrogen-bond acceptors (Lipinski definition) is 2. The molecule has 154 valence electrons. The minimum absolute atomic E-state index is 0.980. The largest absolute Gasteiger partial charge is 0.387 e. The van der Waals surface area contributed by atoms with E-state index in [1.165, 1.54) is 50.4 Å². The Labute approximate surface area is 181 Å². The maximum atomic E-state index is 3.98. The zero-order chi connectivity index (χ0) is 21.2. The molecule has 0 saturated carbocycles. The van der Waals surface area contributed by atoms with Crippen molar-refractivity contribution >= 4 is 17.0 Å². The van der Waals surface area contributed by atoms with Crippen LogP contribution in [-0.4, -0.2) is 7.05 Å². The molecule has 3 aromatic rings. The molecule has 3 rings (SSSR count). The number of rotatable bonds is 7. The third-order valence-electron chi connectivity index (χ3n) is 5.09. The summed E-state index contributed by atoms with van der Waals surface area (Å²) in [7, 11) is 1.90. The summed E-state index contributed by atoms with van der Waals surface area (Å²) in [5.41, 5.74) is 8.09. The van der Waals surface area contributed by atoms with Crippen LogP contribution in [0.3, 0.4) is 0 Å². The lowest BCUT2D eigenvalue weighted by Gasteiger charge is -2.07. The Hall–Kier alpha value is -2.32. The highest BCUT2D eigenvalue weighted by atomic mass is 32.1. The summed E-state index contributed by atoms with van der Waals surface area (Å²) in [4.78, 5) is 2.50. The second kappa shape index (κ2) is 11.6. The van der Waals surface area contributed by atoms with E-state index in [4.69, 9.17) is 0 Å². The van der Waals surface area contributed by atoms with Gasteiger partial charge in [-0.3, -0.25) is 0 Å². The van der Waals surface area contributed by atoms with Gasteiger partial charge in [0.05, 0.1) is 4.88 Å². The number of thiophene rings is 1. The molecule has 1 aromatic heterocycles. The first-order valence-electron chi connectivity index (χ1n) is 10.7. The molecule has 0 aliphatic carbocycles. The predicted octanol–water partition coefficient (Wildman–Crippen LogP) is 7.68. The van der Waals surface area contributed by atoms with Crippen LogP contribution in [0.25, 0.3) is 16.1 Å². The molecular weight excluding hydrogens is 370 g/mol. The SMILES string of the molecule is C=C(NC)c1ccc(-c2cccc(CC)c2)s1.CCCc1ccc(C)cc1CC. The van der Waals surface area contributed by atoms with Gasteiger partial charge in [-0.25, -0.2) is 0 Å². The molecule has 29 heavy (non-hydrogen) atoms. The van der Waals surface area contributed by atoms with Gasteiger partial charge >= 0.3 is 0 Å². The van der Waals surface area contributed by atoms with Gasteiger partial charge < -0.3 is 5.32 Å². The molecule has 0 saturated heterocycles. The van der Waals surface area contributed by atoms with E-state index in [-0.39, 0.29) is 0 Å². The zero-order valence-corrected chi connectivity index (χ0v) is 19.5. The van der Waals surface area contributed by atoms with Gasteiger partial charge in [-0.15, -0.1) is 11.3 Å². The van der Waals surface area contributed by atoms with Crippen LogP contribution in [0.15, 0.2) is 61.2 Å². The molecule has 0 bridgehead atoms. The molecule has 0 radical (unpaired) electrons. The van der Waals surface area contributed by atoms with Crippen molar-refractivity contribution in [1.29, 1.82) is 0 Å². The maximum Gasteiger partial charge on any atom is 0.0502 e. The van der Waals surface area contributed by atoms with E-state index >= 15 is 0 Å². The number of nitrogens with one attached hydrogen (secondary N) is 1. The van der Waals surface area contributed by atoms with Gasteiger partial charge in [0.25, 0.3) is 0 Å². The first kappa shape index (κ1) is 23.0. The summed E-state index contributed by atoms with van der Waals surface area (Å²) >= 11 is 1.78. The van der Waals surface area contributed by atoms with Crippen LogP contribution in [0, 0.1) is 6.92 Å². The third-order valence-corrected chi connectivity index (χ3v) is 6.28. The molecule has 1 N–H and O–H groups in total. The van der Waals surface area contributed by atoms with Crippen LogP contribution in [0.2, 0.25) is 0 Å². The summed E-state index contributed by atoms with van der Waals surface area (Å²) in [6.07, 6.45) is 4.71. The normalized spacial score (nSPS) is 10.2. The van der Waals surface area contributed by atoms with Crippen LogP contribution < -0.4 is 5.32 Å². The van der Waals surface area contributed by atoms with Crippen molar-refractivity contribution in [3.63, 3.8) is 0 Å². The van der Waals surface area contributed by atoms with Gasteiger partial charge in [0, 0.05) is 17.6 Å². The van der Waals surface area contributed by atoms with E-state index in [0.717, 1.165) is 18.5 Å². The molecule has 0 unspecified atom stereocenters. The molecule has 0 aliphatic rings. The van der Waals surface area contributed by atoms with Crippen molar-refractivity contribution in [3.8, 4) is 10.4 Å². The summed E-state index contributed by atoms with van der Waals surface area (Å²) < 4.78 is 0. The van der Waals surface area contributed by atoms with Crippen molar-refractivity contribution in [2.45, 2.75) is 53.4 Å². The molecule has 0 aliphatic heterocycles. The van der Waals surface area contributed by atoms with Gasteiger partial charge in [-0.05, 0) is 60.6 Å². The van der Waals surface area contributed by atoms with Gasteiger partial charge in [0.1, 0.15) is 0 Å². The van der Waals surface area contributed by atoms with Gasteiger partial charge in [-0.1, -0.05) is 81.8 Å². The highest BCUT2D eigenvalue weighted by Crippen LogP contribution is 2.31. The molecule has 0 fully saturated rings. The molecule has 2 aromatic carbocycles. The van der Waals surface area contributed by atoms with Crippen LogP contribution in [0.4, 0.5) is 0 Å². The summed E-state index contributed by atoms with van der Waals surface area (Å²) in [6.45, 7) is 12.8. The van der Waals surface area contributed by atoms with Crippen LogP contribution >= 0.6 is 11.3 Å². The van der Waals surface area contributed by atoms with E-state index in [9.17, 15) is 0 Å². The smallest absolute Gasteiger partial charge is 0.0502 e. The van der Waals surface area contributed by atoms with E-state index in [1.54, 1.807) is 11.3 Å². The van der Waals surface area contributed by atoms with Crippen LogP contribution in [0.1, 0.15) is 54.3 Å². The van der Waals surface area contributed by atoms with Crippen LogP contribution in [0.5, 0.6) is 0 Å². The molecule has 1 heterocycles. The first-order valence-corrected chi connectivity index (χ1v) is 11.5. The van der Waals surface area contributed by atoms with Gasteiger partial charge in [-0.2, -0.15) is 0 Å². The van der Waals surface area contributed by atoms with Gasteiger partial charge in [0.15, 0.2) is 0 Å². The molecule has 1 nitrogen and oxygen atoms in total. The quantitative estimate of drug-likeness (QED) is 0.425. The standard InChI is InChI=1S/C15H17NS.C12H18/c1-4-12-6-5-7-13(10-12)15-9-8-14(17-15)11(2)16-3;1-4-6-12-8-7-10(3)9-11(12)5-2/h5-10,16H,2,4H2,1,3H3;7-9H,4-6H2,1-3H3. The Morgan fingerprint density at radius 2 is 1.72 bits per heavy atom. The lowest BCUT2D eigenvalue weighted by Crippen LogP contribution is -2.00. The highest BCUT2D eigenvalue weighted by molar-refractivity contribution is 7.16. The van der Waals surface area contributed by atoms with Crippen molar-refractivity contribution in [3.05, 3.63) is 88.3 Å². The Morgan fingerprint density at radius 1 is 0.931 bits per heavy atom. The van der Waals surface area contributed by atoms with Crippen molar-refractivity contribution in [1.82, 2.24) is 5.32 Å². The Bertz CT molecular complexity index is 920. The summed E-state index contributed by atoms with van der Waals surface area (Å²) in [6, 6.07) is 19.8. The van der Waals surface area contributed by atoms with E-state index in [0.29, 0.717) is 0 Å². The maximum absolute atomic E-state index is 3.98. The Balaban J connectivity index is 0.000000221. The lowest BCUT2D eigenvalue weighted by atomic mass is 9.99. The average molecular weight is 406 g/mol. The molecule has 0 atom stereocenters. The molecule has 0 spiro atoms. The molecule has 0 amide bonds. The fourth-order valence-corrected chi connectivity index (χ4v) is 4.30.